The maximum absolute atomic E-state index is 14.1. The number of nitrogens with zero attached hydrogens (tertiary/aromatic N) is 2. The fourth-order valence-corrected chi connectivity index (χ4v) is 2.29. The Morgan fingerprint density at radius 3 is 2.87 bits per heavy atom. The first-order chi connectivity index (χ1) is 11.1. The van der Waals surface area contributed by atoms with Gasteiger partial charge in [0, 0.05) is 16.8 Å². The molecule has 0 radical (unpaired) electrons. The van der Waals surface area contributed by atoms with Crippen LogP contribution in [-0.4, -0.2) is 15.4 Å². The predicted molar refractivity (Wildman–Crippen MR) is 83.4 cm³/mol. The van der Waals surface area contributed by atoms with E-state index in [2.05, 4.69) is 21.9 Å². The Bertz CT molecular complexity index is 893. The second kappa shape index (κ2) is 6.00. The first-order valence-electron chi connectivity index (χ1n) is 6.87. The lowest BCUT2D eigenvalue weighted by atomic mass is 10.0. The van der Waals surface area contributed by atoms with Crippen molar-refractivity contribution in [2.24, 2.45) is 0 Å². The summed E-state index contributed by atoms with van der Waals surface area (Å²) in [4.78, 5) is 0. The lowest BCUT2D eigenvalue weighted by molar-refractivity contribution is 0.431. The van der Waals surface area contributed by atoms with E-state index in [1.807, 2.05) is 6.92 Å². The zero-order chi connectivity index (χ0) is 16.4. The molecule has 0 atom stereocenters. The standard InChI is InChI=1S/C17H13F2N3O/c1-3-4-6-11-10(2)21-22-16(11)17-13(9-20-23-17)12-7-5-8-14(18)15(12)19/h3-9H,1H2,2H3,(H,21,22)/b6-4-. The number of nitrogens with one attached hydrogen (secondary N) is 1. The minimum absolute atomic E-state index is 0.0700. The minimum Gasteiger partial charge on any atom is -0.354 e. The molecule has 2 aromatic heterocycles. The number of allylic oxidation sites excluding steroid dienone is 2. The zero-order valence-corrected chi connectivity index (χ0v) is 12.3. The van der Waals surface area contributed by atoms with Gasteiger partial charge >= 0.3 is 0 Å². The monoisotopic (exact) mass is 313 g/mol. The molecule has 0 aliphatic rings. The summed E-state index contributed by atoms with van der Waals surface area (Å²) in [6.07, 6.45) is 6.53. The SMILES string of the molecule is C=C/C=C\c1c(-c2oncc2-c2cccc(F)c2F)n[nH]c1C. The van der Waals surface area contributed by atoms with Gasteiger partial charge in [0.2, 0.25) is 0 Å². The van der Waals surface area contributed by atoms with E-state index < -0.39 is 11.6 Å². The summed E-state index contributed by atoms with van der Waals surface area (Å²) >= 11 is 0. The highest BCUT2D eigenvalue weighted by atomic mass is 19.2. The Labute approximate surface area is 131 Å². The maximum atomic E-state index is 14.1. The number of hydrogen-bond acceptors (Lipinski definition) is 3. The second-order valence-corrected chi connectivity index (χ2v) is 4.88. The number of benzene rings is 1. The molecule has 3 rings (SSSR count). The number of H-pyrrole nitrogens is 1. The third-order valence-electron chi connectivity index (χ3n) is 3.42. The van der Waals surface area contributed by atoms with E-state index >= 15 is 0 Å². The summed E-state index contributed by atoms with van der Waals surface area (Å²) in [5.41, 5.74) is 2.44. The lowest BCUT2D eigenvalue weighted by Gasteiger charge is -2.03. The van der Waals surface area contributed by atoms with Crippen molar-refractivity contribution in [1.29, 1.82) is 0 Å². The van der Waals surface area contributed by atoms with Crippen LogP contribution in [0, 0.1) is 18.6 Å². The third kappa shape index (κ3) is 2.59. The van der Waals surface area contributed by atoms with Crippen LogP contribution >= 0.6 is 0 Å². The fourth-order valence-electron chi connectivity index (χ4n) is 2.29. The average Bonchev–Trinajstić information content (AvgIpc) is 3.14. The van der Waals surface area contributed by atoms with E-state index in [0.717, 1.165) is 17.3 Å². The van der Waals surface area contributed by atoms with Gasteiger partial charge in [-0.2, -0.15) is 5.10 Å². The zero-order valence-electron chi connectivity index (χ0n) is 12.3. The topological polar surface area (TPSA) is 54.7 Å². The van der Waals surface area contributed by atoms with E-state index in [9.17, 15) is 8.78 Å². The van der Waals surface area contributed by atoms with Crippen molar-refractivity contribution in [3.05, 3.63) is 66.0 Å². The van der Waals surface area contributed by atoms with Crippen LogP contribution in [0.2, 0.25) is 0 Å². The van der Waals surface area contributed by atoms with Crippen molar-refractivity contribution in [3.63, 3.8) is 0 Å². The van der Waals surface area contributed by atoms with Gasteiger partial charge < -0.3 is 4.52 Å². The number of halogens is 2. The van der Waals surface area contributed by atoms with Crippen LogP contribution < -0.4 is 0 Å². The number of aryl methyl sites for hydroxylation is 1. The number of hydrogen-bond donors (Lipinski definition) is 1. The molecule has 0 amide bonds. The summed E-state index contributed by atoms with van der Waals surface area (Å²) in [6, 6.07) is 3.95. The molecule has 2 heterocycles. The van der Waals surface area contributed by atoms with Crippen LogP contribution in [0.4, 0.5) is 8.78 Å². The van der Waals surface area contributed by atoms with Gasteiger partial charge in [0.25, 0.3) is 0 Å². The van der Waals surface area contributed by atoms with Gasteiger partial charge in [-0.3, -0.25) is 5.10 Å². The molecular weight excluding hydrogens is 300 g/mol. The van der Waals surface area contributed by atoms with Gasteiger partial charge in [0.1, 0.15) is 5.69 Å². The van der Waals surface area contributed by atoms with Crippen LogP contribution in [0.15, 0.2) is 47.7 Å². The van der Waals surface area contributed by atoms with Crippen molar-refractivity contribution in [2.45, 2.75) is 6.92 Å². The number of aromatic amines is 1. The van der Waals surface area contributed by atoms with Gasteiger partial charge in [-0.25, -0.2) is 8.78 Å². The van der Waals surface area contributed by atoms with Crippen LogP contribution in [0.3, 0.4) is 0 Å². The van der Waals surface area contributed by atoms with Gasteiger partial charge in [-0.05, 0) is 13.0 Å². The normalized spacial score (nSPS) is 11.3. The quantitative estimate of drug-likeness (QED) is 0.721. The second-order valence-electron chi connectivity index (χ2n) is 4.88. The van der Waals surface area contributed by atoms with Gasteiger partial charge in [-0.1, -0.05) is 42.1 Å². The number of aromatic nitrogens is 3. The van der Waals surface area contributed by atoms with E-state index in [4.69, 9.17) is 4.52 Å². The van der Waals surface area contributed by atoms with E-state index in [0.29, 0.717) is 11.3 Å². The molecule has 0 aliphatic carbocycles. The highest BCUT2D eigenvalue weighted by Crippen LogP contribution is 2.35. The van der Waals surface area contributed by atoms with Crippen molar-refractivity contribution in [3.8, 4) is 22.6 Å². The number of rotatable bonds is 4. The van der Waals surface area contributed by atoms with E-state index in [1.165, 1.54) is 18.3 Å². The van der Waals surface area contributed by atoms with Crippen molar-refractivity contribution < 1.29 is 13.3 Å². The average molecular weight is 313 g/mol. The minimum atomic E-state index is -0.951. The summed E-state index contributed by atoms with van der Waals surface area (Å²) < 4.78 is 32.8. The Morgan fingerprint density at radius 1 is 1.26 bits per heavy atom. The fraction of sp³-hybridized carbons (Fsp3) is 0.0588. The van der Waals surface area contributed by atoms with Crippen molar-refractivity contribution in [2.75, 3.05) is 0 Å². The highest BCUT2D eigenvalue weighted by molar-refractivity contribution is 5.82. The summed E-state index contributed by atoms with van der Waals surface area (Å²) in [7, 11) is 0. The van der Waals surface area contributed by atoms with Gasteiger partial charge in [-0.15, -0.1) is 0 Å². The molecule has 0 saturated heterocycles. The molecule has 0 spiro atoms. The molecule has 0 bridgehead atoms. The molecule has 23 heavy (non-hydrogen) atoms. The molecule has 0 aliphatic heterocycles. The van der Waals surface area contributed by atoms with Crippen LogP contribution in [0.5, 0.6) is 0 Å². The molecule has 6 heteroatoms. The Kier molecular flexibility index (Phi) is 3.89. The Hall–Kier alpha value is -3.02. The lowest BCUT2D eigenvalue weighted by Crippen LogP contribution is -1.90. The van der Waals surface area contributed by atoms with Gasteiger partial charge in [0.05, 0.1) is 11.8 Å². The Morgan fingerprint density at radius 2 is 2.09 bits per heavy atom. The van der Waals surface area contributed by atoms with Crippen LogP contribution in [0.25, 0.3) is 28.7 Å². The first kappa shape index (κ1) is 14.9. The summed E-state index contributed by atoms with van der Waals surface area (Å²) in [6.45, 7) is 5.47. The molecule has 0 unspecified atom stereocenters. The molecule has 0 saturated carbocycles. The molecule has 3 aromatic rings. The highest BCUT2D eigenvalue weighted by Gasteiger charge is 2.22. The molecular formula is C17H13F2N3O. The molecule has 0 fully saturated rings. The largest absolute Gasteiger partial charge is 0.354 e. The molecule has 1 N–H and O–H groups in total. The third-order valence-corrected chi connectivity index (χ3v) is 3.42. The van der Waals surface area contributed by atoms with Crippen molar-refractivity contribution >= 4 is 6.08 Å². The first-order valence-corrected chi connectivity index (χ1v) is 6.87. The Balaban J connectivity index is 2.18. The van der Waals surface area contributed by atoms with E-state index in [-0.39, 0.29) is 11.3 Å². The van der Waals surface area contributed by atoms with E-state index in [1.54, 1.807) is 18.2 Å². The van der Waals surface area contributed by atoms with Gasteiger partial charge in [0.15, 0.2) is 17.4 Å². The molecule has 4 nitrogen and oxygen atoms in total. The smallest absolute Gasteiger partial charge is 0.195 e. The van der Waals surface area contributed by atoms with Crippen LogP contribution in [-0.2, 0) is 0 Å². The van der Waals surface area contributed by atoms with Crippen LogP contribution in [0.1, 0.15) is 11.3 Å². The molecule has 1 aromatic carbocycles. The predicted octanol–water partition coefficient (Wildman–Crippen LogP) is 4.52. The summed E-state index contributed by atoms with van der Waals surface area (Å²) in [5, 5.41) is 10.8. The van der Waals surface area contributed by atoms with Crippen molar-refractivity contribution in [1.82, 2.24) is 15.4 Å². The molecule has 116 valence electrons. The summed E-state index contributed by atoms with van der Waals surface area (Å²) in [5.74, 6) is -1.62. The maximum Gasteiger partial charge on any atom is 0.195 e.